The summed E-state index contributed by atoms with van der Waals surface area (Å²) in [4.78, 5) is 30.3. The molecule has 0 atom stereocenters. The molecule has 0 bridgehead atoms. The van der Waals surface area contributed by atoms with E-state index in [1.165, 1.54) is 33.0 Å². The molecule has 2 heterocycles. The van der Waals surface area contributed by atoms with Gasteiger partial charge in [0, 0.05) is 25.3 Å². The Morgan fingerprint density at radius 3 is 2.77 bits per heavy atom. The van der Waals surface area contributed by atoms with Gasteiger partial charge in [0.2, 0.25) is 0 Å². The summed E-state index contributed by atoms with van der Waals surface area (Å²) < 4.78 is 1.24. The zero-order chi connectivity index (χ0) is 20.8. The molecule has 30 heavy (non-hydrogen) atoms. The molecule has 1 aromatic carbocycles. The molecule has 3 N–H and O–H groups in total. The summed E-state index contributed by atoms with van der Waals surface area (Å²) in [6.07, 6.45) is 10.0. The number of hydrogen-bond donors (Lipinski definition) is 3. The minimum absolute atomic E-state index is 0.196. The summed E-state index contributed by atoms with van der Waals surface area (Å²) in [5.74, 6) is 0.282. The van der Waals surface area contributed by atoms with E-state index in [2.05, 4.69) is 34.9 Å². The number of para-hydroxylation sites is 1. The van der Waals surface area contributed by atoms with Gasteiger partial charge in [-0.2, -0.15) is 0 Å². The highest BCUT2D eigenvalue weighted by Gasteiger charge is 2.27. The van der Waals surface area contributed by atoms with E-state index >= 15 is 0 Å². The Balaban J connectivity index is 1.16. The van der Waals surface area contributed by atoms with Crippen LogP contribution in [-0.2, 0) is 4.79 Å². The molecule has 4 rings (SSSR count). The lowest BCUT2D eigenvalue weighted by Gasteiger charge is -2.27. The SMILES string of the molecule is O=C(C[NH+]1CCC(c2nc3ccccc3s2)CC1)NC(=O)NCCC1=CCCCC1. The Morgan fingerprint density at radius 1 is 1.17 bits per heavy atom. The standard InChI is InChI=1S/C23H30N4O2S/c28-21(26-23(29)24-13-10-17-6-2-1-3-7-17)16-27-14-11-18(12-15-27)22-25-19-8-4-5-9-20(19)30-22/h4-6,8-9,18H,1-3,7,10-16H2,(H2,24,26,28,29)/p+1. The molecule has 1 saturated heterocycles. The predicted octanol–water partition coefficient (Wildman–Crippen LogP) is 2.77. The topological polar surface area (TPSA) is 75.5 Å². The number of nitrogens with zero attached hydrogens (tertiary/aromatic N) is 1. The number of amides is 3. The molecule has 3 amide bonds. The first kappa shape index (κ1) is 21.0. The number of rotatable bonds is 6. The van der Waals surface area contributed by atoms with Gasteiger partial charge in [0.15, 0.2) is 6.54 Å². The fraction of sp³-hybridized carbons (Fsp3) is 0.522. The van der Waals surface area contributed by atoms with Crippen molar-refractivity contribution in [1.29, 1.82) is 0 Å². The highest BCUT2D eigenvalue weighted by molar-refractivity contribution is 7.18. The molecule has 7 heteroatoms. The lowest BCUT2D eigenvalue weighted by molar-refractivity contribution is -0.897. The van der Waals surface area contributed by atoms with Crippen molar-refractivity contribution in [2.45, 2.75) is 50.9 Å². The lowest BCUT2D eigenvalue weighted by Crippen LogP contribution is -3.14. The third-order valence-corrected chi connectivity index (χ3v) is 7.33. The van der Waals surface area contributed by atoms with Crippen molar-refractivity contribution in [1.82, 2.24) is 15.6 Å². The van der Waals surface area contributed by atoms with Crippen LogP contribution in [0.25, 0.3) is 10.2 Å². The highest BCUT2D eigenvalue weighted by Crippen LogP contribution is 2.31. The van der Waals surface area contributed by atoms with E-state index in [9.17, 15) is 9.59 Å². The van der Waals surface area contributed by atoms with Gasteiger partial charge in [-0.25, -0.2) is 9.78 Å². The summed E-state index contributed by atoms with van der Waals surface area (Å²) in [5.41, 5.74) is 2.51. The monoisotopic (exact) mass is 427 g/mol. The van der Waals surface area contributed by atoms with Gasteiger partial charge in [0.1, 0.15) is 0 Å². The first-order chi connectivity index (χ1) is 14.7. The quantitative estimate of drug-likeness (QED) is 0.621. The number of piperidine rings is 1. The number of carbonyl (C=O) groups is 2. The largest absolute Gasteiger partial charge is 0.337 e. The van der Waals surface area contributed by atoms with Gasteiger partial charge in [-0.3, -0.25) is 10.1 Å². The van der Waals surface area contributed by atoms with Crippen molar-refractivity contribution >= 4 is 33.5 Å². The number of likely N-dealkylation sites (tertiary alicyclic amines) is 1. The summed E-state index contributed by atoms with van der Waals surface area (Å²) in [5, 5.41) is 6.51. The van der Waals surface area contributed by atoms with E-state index in [1.807, 2.05) is 6.07 Å². The summed E-state index contributed by atoms with van der Waals surface area (Å²) in [7, 11) is 0. The number of benzene rings is 1. The van der Waals surface area contributed by atoms with Crippen LogP contribution >= 0.6 is 11.3 Å². The molecule has 1 aliphatic carbocycles. The zero-order valence-electron chi connectivity index (χ0n) is 17.4. The van der Waals surface area contributed by atoms with Gasteiger partial charge in [-0.05, 0) is 44.2 Å². The van der Waals surface area contributed by atoms with Crippen LogP contribution in [0.3, 0.4) is 0 Å². The molecule has 1 fully saturated rings. The summed E-state index contributed by atoms with van der Waals surface area (Å²) in [6, 6.07) is 7.90. The van der Waals surface area contributed by atoms with Crippen LogP contribution in [0.15, 0.2) is 35.9 Å². The first-order valence-corrected chi connectivity index (χ1v) is 11.9. The molecule has 2 aliphatic rings. The zero-order valence-corrected chi connectivity index (χ0v) is 18.2. The van der Waals surface area contributed by atoms with Gasteiger partial charge in [-0.1, -0.05) is 23.8 Å². The number of carbonyl (C=O) groups excluding carboxylic acids is 2. The van der Waals surface area contributed by atoms with E-state index in [0.29, 0.717) is 19.0 Å². The molecule has 0 unspecified atom stereocenters. The average molecular weight is 428 g/mol. The van der Waals surface area contributed by atoms with Gasteiger partial charge >= 0.3 is 6.03 Å². The number of hydrogen-bond acceptors (Lipinski definition) is 4. The van der Waals surface area contributed by atoms with E-state index in [-0.39, 0.29) is 11.9 Å². The van der Waals surface area contributed by atoms with Crippen LogP contribution in [0.2, 0.25) is 0 Å². The van der Waals surface area contributed by atoms with Crippen LogP contribution in [0, 0.1) is 0 Å². The normalized spacial score (nSPS) is 21.8. The maximum atomic E-state index is 12.2. The van der Waals surface area contributed by atoms with E-state index < -0.39 is 0 Å². The summed E-state index contributed by atoms with van der Waals surface area (Å²) >= 11 is 1.79. The van der Waals surface area contributed by atoms with E-state index in [0.717, 1.165) is 50.7 Å². The fourth-order valence-corrected chi connectivity index (χ4v) is 5.56. The van der Waals surface area contributed by atoms with Gasteiger partial charge in [0.05, 0.1) is 28.3 Å². The minimum atomic E-state index is -0.375. The number of aromatic nitrogens is 1. The molecule has 0 spiro atoms. The number of quaternary nitrogens is 1. The molecule has 160 valence electrons. The third kappa shape index (κ3) is 5.67. The Bertz CT molecular complexity index is 882. The molecular formula is C23H31N4O2S+. The van der Waals surface area contributed by atoms with Crippen LogP contribution < -0.4 is 15.5 Å². The van der Waals surface area contributed by atoms with Crippen molar-refractivity contribution in [2.75, 3.05) is 26.2 Å². The molecule has 6 nitrogen and oxygen atoms in total. The average Bonchev–Trinajstić information content (AvgIpc) is 3.19. The molecule has 1 aromatic heterocycles. The first-order valence-electron chi connectivity index (χ1n) is 11.1. The number of allylic oxidation sites excluding steroid dienone is 1. The Labute approximate surface area is 181 Å². The molecule has 0 saturated carbocycles. The number of urea groups is 1. The van der Waals surface area contributed by atoms with Crippen LogP contribution in [0.1, 0.15) is 55.9 Å². The highest BCUT2D eigenvalue weighted by atomic mass is 32.1. The molecular weight excluding hydrogens is 396 g/mol. The fourth-order valence-electron chi connectivity index (χ4n) is 4.42. The number of thiazole rings is 1. The summed E-state index contributed by atoms with van der Waals surface area (Å²) in [6.45, 7) is 2.81. The second-order valence-corrected chi connectivity index (χ2v) is 9.45. The van der Waals surface area contributed by atoms with E-state index in [1.54, 1.807) is 11.3 Å². The Morgan fingerprint density at radius 2 is 2.00 bits per heavy atom. The maximum Gasteiger partial charge on any atom is 0.321 e. The van der Waals surface area contributed by atoms with Crippen molar-refractivity contribution in [2.24, 2.45) is 0 Å². The van der Waals surface area contributed by atoms with Crippen molar-refractivity contribution in [3.05, 3.63) is 40.9 Å². The van der Waals surface area contributed by atoms with Crippen LogP contribution in [0.4, 0.5) is 4.79 Å². The van der Waals surface area contributed by atoms with Crippen LogP contribution in [0.5, 0.6) is 0 Å². The number of imide groups is 1. The smallest absolute Gasteiger partial charge is 0.321 e. The van der Waals surface area contributed by atoms with E-state index in [4.69, 9.17) is 4.98 Å². The maximum absolute atomic E-state index is 12.2. The molecule has 1 aliphatic heterocycles. The number of fused-ring (bicyclic) bond motifs is 1. The predicted molar refractivity (Wildman–Crippen MR) is 120 cm³/mol. The van der Waals surface area contributed by atoms with Crippen molar-refractivity contribution in [3.63, 3.8) is 0 Å². The van der Waals surface area contributed by atoms with Crippen molar-refractivity contribution in [3.8, 4) is 0 Å². The Kier molecular flexibility index (Phi) is 7.12. The van der Waals surface area contributed by atoms with Gasteiger partial charge in [0.25, 0.3) is 5.91 Å². The molecule has 0 radical (unpaired) electrons. The lowest BCUT2D eigenvalue weighted by atomic mass is 9.97. The second-order valence-electron chi connectivity index (χ2n) is 8.38. The minimum Gasteiger partial charge on any atom is -0.337 e. The van der Waals surface area contributed by atoms with Gasteiger partial charge < -0.3 is 10.2 Å². The van der Waals surface area contributed by atoms with Crippen LogP contribution in [-0.4, -0.2) is 43.1 Å². The van der Waals surface area contributed by atoms with Gasteiger partial charge in [-0.15, -0.1) is 11.3 Å². The second kappa shape index (κ2) is 10.2. The van der Waals surface area contributed by atoms with Crippen molar-refractivity contribution < 1.29 is 14.5 Å². The molecule has 2 aromatic rings. The Hall–Kier alpha value is -2.25. The number of nitrogens with one attached hydrogen (secondary N) is 3. The third-order valence-electron chi connectivity index (χ3n) is 6.13.